The van der Waals surface area contributed by atoms with E-state index in [4.69, 9.17) is 32.7 Å². The monoisotopic (exact) mass is 469 g/mol. The highest BCUT2D eigenvalue weighted by Crippen LogP contribution is 2.37. The summed E-state index contributed by atoms with van der Waals surface area (Å²) in [6.45, 7) is 4.21. The molecule has 0 aliphatic carbocycles. The molecule has 0 saturated heterocycles. The van der Waals surface area contributed by atoms with E-state index in [-0.39, 0.29) is 0 Å². The van der Waals surface area contributed by atoms with Gasteiger partial charge in [0.25, 0.3) is 0 Å². The summed E-state index contributed by atoms with van der Waals surface area (Å²) in [7, 11) is 0. The third kappa shape index (κ3) is 5.54. The van der Waals surface area contributed by atoms with Crippen LogP contribution in [0.5, 0.6) is 11.5 Å². The quantitative estimate of drug-likeness (QED) is 0.272. The Labute approximate surface area is 197 Å². The van der Waals surface area contributed by atoms with E-state index < -0.39 is 0 Å². The number of nitrogens with one attached hydrogen (secondary N) is 2. The summed E-state index contributed by atoms with van der Waals surface area (Å²) < 4.78 is 11.8. The number of nitrogens with zero attached hydrogens (tertiary/aromatic N) is 1. The molecule has 5 nitrogen and oxygen atoms in total. The normalized spacial score (nSPS) is 11.1. The molecule has 0 aliphatic heterocycles. The van der Waals surface area contributed by atoms with Crippen LogP contribution in [-0.2, 0) is 19.6 Å². The van der Waals surface area contributed by atoms with Crippen LogP contribution in [-0.4, -0.2) is 23.1 Å². The number of aromatic nitrogens is 2. The van der Waals surface area contributed by atoms with Crippen LogP contribution in [0.25, 0.3) is 11.0 Å². The Balaban J connectivity index is 1.37. The highest BCUT2D eigenvalue weighted by molar-refractivity contribution is 6.32. The van der Waals surface area contributed by atoms with Crippen molar-refractivity contribution in [3.05, 3.63) is 87.7 Å². The molecule has 32 heavy (non-hydrogen) atoms. The fourth-order valence-corrected chi connectivity index (χ4v) is 3.93. The van der Waals surface area contributed by atoms with Gasteiger partial charge in [-0.25, -0.2) is 4.98 Å². The number of hydrogen-bond acceptors (Lipinski definition) is 4. The Hall–Kier alpha value is -2.73. The highest BCUT2D eigenvalue weighted by atomic mass is 35.5. The van der Waals surface area contributed by atoms with Gasteiger partial charge in [0.15, 0.2) is 11.5 Å². The fourth-order valence-electron chi connectivity index (χ4n) is 3.46. The molecular weight excluding hydrogens is 445 g/mol. The minimum atomic E-state index is 0.314. The third-order valence-electron chi connectivity index (χ3n) is 5.01. The molecule has 4 aromatic rings. The Morgan fingerprint density at radius 2 is 1.78 bits per heavy atom. The van der Waals surface area contributed by atoms with Crippen LogP contribution in [0.2, 0.25) is 10.0 Å². The second-order valence-electron chi connectivity index (χ2n) is 7.35. The van der Waals surface area contributed by atoms with Crippen LogP contribution in [0, 0.1) is 0 Å². The number of rotatable bonds is 10. The van der Waals surface area contributed by atoms with E-state index >= 15 is 0 Å². The van der Waals surface area contributed by atoms with Crippen molar-refractivity contribution in [1.82, 2.24) is 15.3 Å². The van der Waals surface area contributed by atoms with Gasteiger partial charge in [-0.15, -0.1) is 0 Å². The first kappa shape index (κ1) is 22.5. The van der Waals surface area contributed by atoms with Crippen molar-refractivity contribution in [2.45, 2.75) is 26.5 Å². The summed E-state index contributed by atoms with van der Waals surface area (Å²) in [5.74, 6) is 2.12. The lowest BCUT2D eigenvalue weighted by Gasteiger charge is -2.16. The van der Waals surface area contributed by atoms with E-state index in [9.17, 15) is 0 Å². The summed E-state index contributed by atoms with van der Waals surface area (Å²) in [6.07, 6.45) is 0.805. The topological polar surface area (TPSA) is 59.2 Å². The summed E-state index contributed by atoms with van der Waals surface area (Å²) in [4.78, 5) is 7.96. The van der Waals surface area contributed by atoms with Crippen LogP contribution in [0.1, 0.15) is 23.9 Å². The van der Waals surface area contributed by atoms with Crippen molar-refractivity contribution in [2.24, 2.45) is 0 Å². The Morgan fingerprint density at radius 3 is 2.59 bits per heavy atom. The van der Waals surface area contributed by atoms with E-state index in [1.165, 1.54) is 0 Å². The maximum atomic E-state index is 6.55. The van der Waals surface area contributed by atoms with E-state index in [0.717, 1.165) is 41.0 Å². The van der Waals surface area contributed by atoms with Crippen LogP contribution < -0.4 is 14.8 Å². The number of halogens is 2. The van der Waals surface area contributed by atoms with E-state index in [0.29, 0.717) is 41.3 Å². The minimum absolute atomic E-state index is 0.314. The molecule has 1 heterocycles. The predicted molar refractivity (Wildman–Crippen MR) is 130 cm³/mol. The Bertz CT molecular complexity index is 1160. The van der Waals surface area contributed by atoms with Gasteiger partial charge < -0.3 is 19.8 Å². The lowest BCUT2D eigenvalue weighted by molar-refractivity contribution is 0.269. The summed E-state index contributed by atoms with van der Waals surface area (Å²) >= 11 is 12.8. The molecule has 166 valence electrons. The van der Waals surface area contributed by atoms with Crippen molar-refractivity contribution in [2.75, 3.05) is 13.2 Å². The zero-order valence-electron chi connectivity index (χ0n) is 17.8. The van der Waals surface area contributed by atoms with Crippen molar-refractivity contribution in [3.63, 3.8) is 0 Å². The highest BCUT2D eigenvalue weighted by Gasteiger charge is 2.14. The molecule has 2 N–H and O–H groups in total. The number of imidazole rings is 1. The van der Waals surface area contributed by atoms with Crippen molar-refractivity contribution in [3.8, 4) is 11.5 Å². The molecule has 7 heteroatoms. The standard InChI is InChI=1S/C25H25Cl2N3O2/c1-2-31-23-14-17(13-20(27)25(23)32-16-18-7-3-4-8-19(18)26)15-28-12-11-24-29-21-9-5-6-10-22(21)30-24/h3-10,13-14,28H,2,11-12,15-16H2,1H3,(H,29,30). The number of benzene rings is 3. The molecule has 0 bridgehead atoms. The summed E-state index contributed by atoms with van der Waals surface area (Å²) in [6, 6.07) is 19.5. The summed E-state index contributed by atoms with van der Waals surface area (Å²) in [5, 5.41) is 4.61. The smallest absolute Gasteiger partial charge is 0.180 e. The maximum Gasteiger partial charge on any atom is 0.180 e. The SMILES string of the molecule is CCOc1cc(CNCCc2nc3ccccc3[nH]2)cc(Cl)c1OCc1ccccc1Cl. The Morgan fingerprint density at radius 1 is 0.969 bits per heavy atom. The third-order valence-corrected chi connectivity index (χ3v) is 5.65. The molecule has 4 rings (SSSR count). The van der Waals surface area contributed by atoms with Crippen LogP contribution in [0.15, 0.2) is 60.7 Å². The number of para-hydroxylation sites is 2. The van der Waals surface area contributed by atoms with Gasteiger partial charge in [0, 0.05) is 30.1 Å². The molecule has 0 aliphatic rings. The maximum absolute atomic E-state index is 6.55. The van der Waals surface area contributed by atoms with Crippen LogP contribution >= 0.6 is 23.2 Å². The van der Waals surface area contributed by atoms with Crippen LogP contribution in [0.4, 0.5) is 0 Å². The van der Waals surface area contributed by atoms with Crippen LogP contribution in [0.3, 0.4) is 0 Å². The molecule has 0 unspecified atom stereocenters. The number of ether oxygens (including phenoxy) is 2. The number of fused-ring (bicyclic) bond motifs is 1. The van der Waals surface area contributed by atoms with Crippen molar-refractivity contribution < 1.29 is 9.47 Å². The van der Waals surface area contributed by atoms with Gasteiger partial charge in [0.1, 0.15) is 12.4 Å². The average molecular weight is 470 g/mol. The summed E-state index contributed by atoms with van der Waals surface area (Å²) in [5.41, 5.74) is 3.96. The molecule has 1 aromatic heterocycles. The Kier molecular flexibility index (Phi) is 7.53. The fraction of sp³-hybridized carbons (Fsp3) is 0.240. The first-order valence-electron chi connectivity index (χ1n) is 10.6. The second-order valence-corrected chi connectivity index (χ2v) is 8.16. The van der Waals surface area contributed by atoms with Gasteiger partial charge in [0.05, 0.1) is 22.7 Å². The molecular formula is C25H25Cl2N3O2. The zero-order valence-corrected chi connectivity index (χ0v) is 19.3. The first-order valence-corrected chi connectivity index (χ1v) is 11.4. The minimum Gasteiger partial charge on any atom is -0.490 e. The second kappa shape index (κ2) is 10.7. The van der Waals surface area contributed by atoms with Gasteiger partial charge >= 0.3 is 0 Å². The number of aromatic amines is 1. The average Bonchev–Trinajstić information content (AvgIpc) is 3.20. The molecule has 0 amide bonds. The van der Waals surface area contributed by atoms with Gasteiger partial charge in [-0.3, -0.25) is 0 Å². The predicted octanol–water partition coefficient (Wildman–Crippen LogP) is 6.18. The number of hydrogen-bond donors (Lipinski definition) is 2. The molecule has 0 radical (unpaired) electrons. The zero-order chi connectivity index (χ0) is 22.3. The van der Waals surface area contributed by atoms with Gasteiger partial charge in [-0.1, -0.05) is 53.5 Å². The largest absolute Gasteiger partial charge is 0.490 e. The van der Waals surface area contributed by atoms with Gasteiger partial charge in [0.2, 0.25) is 0 Å². The molecule has 0 fully saturated rings. The van der Waals surface area contributed by atoms with Gasteiger partial charge in [-0.2, -0.15) is 0 Å². The molecule has 3 aromatic carbocycles. The van der Waals surface area contributed by atoms with E-state index in [2.05, 4.69) is 15.3 Å². The van der Waals surface area contributed by atoms with E-state index in [1.807, 2.05) is 67.6 Å². The number of H-pyrrole nitrogens is 1. The van der Waals surface area contributed by atoms with E-state index in [1.54, 1.807) is 0 Å². The molecule has 0 atom stereocenters. The molecule has 0 saturated carbocycles. The first-order chi connectivity index (χ1) is 15.6. The van der Waals surface area contributed by atoms with Crippen molar-refractivity contribution >= 4 is 34.2 Å². The lowest BCUT2D eigenvalue weighted by atomic mass is 10.2. The van der Waals surface area contributed by atoms with Gasteiger partial charge in [-0.05, 0) is 42.8 Å². The lowest BCUT2D eigenvalue weighted by Crippen LogP contribution is -2.17. The molecule has 0 spiro atoms. The van der Waals surface area contributed by atoms with Crippen molar-refractivity contribution in [1.29, 1.82) is 0 Å².